The Labute approximate surface area is 139 Å². The minimum Gasteiger partial charge on any atom is -0.347 e. The van der Waals surface area contributed by atoms with Crippen molar-refractivity contribution in [3.63, 3.8) is 0 Å². The molecule has 116 valence electrons. The molecule has 2 aromatic heterocycles. The summed E-state index contributed by atoms with van der Waals surface area (Å²) in [5, 5.41) is 2.95. The Bertz CT molecular complexity index is 799. The number of benzene rings is 1. The van der Waals surface area contributed by atoms with E-state index in [1.54, 1.807) is 12.4 Å². The van der Waals surface area contributed by atoms with E-state index >= 15 is 0 Å². The monoisotopic (exact) mass is 323 g/mol. The summed E-state index contributed by atoms with van der Waals surface area (Å²) in [6.07, 6.45) is 3.55. The molecule has 3 aromatic rings. The van der Waals surface area contributed by atoms with Gasteiger partial charge >= 0.3 is 0 Å². The molecule has 1 amide bonds. The second-order valence-electron chi connectivity index (χ2n) is 5.09. The Morgan fingerprint density at radius 2 is 1.91 bits per heavy atom. The molecule has 0 aliphatic rings. The van der Waals surface area contributed by atoms with Crippen molar-refractivity contribution in [3.8, 4) is 11.1 Å². The number of aromatic nitrogens is 1. The molecule has 4 nitrogen and oxygen atoms in total. The van der Waals surface area contributed by atoms with Crippen molar-refractivity contribution in [1.29, 1.82) is 0 Å². The molecule has 0 fully saturated rings. The summed E-state index contributed by atoms with van der Waals surface area (Å²) < 4.78 is 0. The lowest BCUT2D eigenvalue weighted by Crippen LogP contribution is -2.21. The average Bonchev–Trinajstić information content (AvgIpc) is 3.10. The van der Waals surface area contributed by atoms with Crippen LogP contribution in [0.5, 0.6) is 0 Å². The fourth-order valence-corrected chi connectivity index (χ4v) is 3.09. The predicted molar refractivity (Wildman–Crippen MR) is 93.1 cm³/mol. The topological polar surface area (TPSA) is 68.0 Å². The highest BCUT2D eigenvalue weighted by Gasteiger charge is 2.08. The van der Waals surface area contributed by atoms with Crippen molar-refractivity contribution in [3.05, 3.63) is 76.2 Å². The van der Waals surface area contributed by atoms with Crippen LogP contribution in [0, 0.1) is 0 Å². The van der Waals surface area contributed by atoms with Gasteiger partial charge in [-0.25, -0.2) is 0 Å². The summed E-state index contributed by atoms with van der Waals surface area (Å²) in [4.78, 5) is 17.9. The van der Waals surface area contributed by atoms with Gasteiger partial charge in [0.2, 0.25) is 0 Å². The average molecular weight is 323 g/mol. The Morgan fingerprint density at radius 1 is 1.09 bits per heavy atom. The second kappa shape index (κ2) is 7.17. The van der Waals surface area contributed by atoms with Gasteiger partial charge in [0.15, 0.2) is 0 Å². The highest BCUT2D eigenvalue weighted by atomic mass is 32.1. The van der Waals surface area contributed by atoms with E-state index in [0.717, 1.165) is 21.6 Å². The molecule has 0 atom stereocenters. The molecule has 0 aliphatic heterocycles. The Hall–Kier alpha value is -2.50. The molecule has 0 bridgehead atoms. The van der Waals surface area contributed by atoms with Gasteiger partial charge in [-0.1, -0.05) is 18.2 Å². The lowest BCUT2D eigenvalue weighted by atomic mass is 10.0. The van der Waals surface area contributed by atoms with Crippen LogP contribution in [0.2, 0.25) is 0 Å². The molecular formula is C18H17N3OS. The van der Waals surface area contributed by atoms with E-state index in [1.165, 1.54) is 11.3 Å². The largest absolute Gasteiger partial charge is 0.347 e. The van der Waals surface area contributed by atoms with E-state index in [0.29, 0.717) is 18.0 Å². The van der Waals surface area contributed by atoms with Crippen LogP contribution in [0.25, 0.3) is 11.1 Å². The standard InChI is InChI=1S/C18H17N3OS/c19-11-16-4-5-17(23-16)18(22)21-12-13-2-1-3-15(10-13)14-6-8-20-9-7-14/h1-10H,11-12,19H2,(H,21,22). The predicted octanol–water partition coefficient (Wildman–Crippen LogP) is 3.20. The van der Waals surface area contributed by atoms with E-state index in [4.69, 9.17) is 5.73 Å². The third kappa shape index (κ3) is 3.83. The number of hydrogen-bond donors (Lipinski definition) is 2. The van der Waals surface area contributed by atoms with Gasteiger partial charge in [0.25, 0.3) is 5.91 Å². The maximum Gasteiger partial charge on any atom is 0.261 e. The first-order valence-corrected chi connectivity index (χ1v) is 8.14. The molecule has 0 unspecified atom stereocenters. The van der Waals surface area contributed by atoms with Gasteiger partial charge in [-0.2, -0.15) is 0 Å². The minimum atomic E-state index is -0.0657. The van der Waals surface area contributed by atoms with E-state index in [2.05, 4.69) is 16.4 Å². The van der Waals surface area contributed by atoms with Gasteiger partial charge in [0.05, 0.1) is 4.88 Å². The third-order valence-electron chi connectivity index (χ3n) is 3.48. The van der Waals surface area contributed by atoms with Crippen molar-refractivity contribution in [1.82, 2.24) is 10.3 Å². The van der Waals surface area contributed by atoms with Crippen molar-refractivity contribution >= 4 is 17.2 Å². The molecule has 3 rings (SSSR count). The maximum atomic E-state index is 12.2. The number of carbonyl (C=O) groups is 1. The van der Waals surface area contributed by atoms with Crippen LogP contribution in [0.3, 0.4) is 0 Å². The number of rotatable bonds is 5. The molecule has 5 heteroatoms. The van der Waals surface area contributed by atoms with Gasteiger partial charge < -0.3 is 11.1 Å². The van der Waals surface area contributed by atoms with Crippen LogP contribution in [0.4, 0.5) is 0 Å². The Morgan fingerprint density at radius 3 is 2.65 bits per heavy atom. The second-order valence-corrected chi connectivity index (χ2v) is 6.26. The number of hydrogen-bond acceptors (Lipinski definition) is 4. The van der Waals surface area contributed by atoms with Gasteiger partial charge in [-0.05, 0) is 47.0 Å². The minimum absolute atomic E-state index is 0.0657. The van der Waals surface area contributed by atoms with Crippen LogP contribution in [0.15, 0.2) is 60.9 Å². The van der Waals surface area contributed by atoms with Gasteiger partial charge in [0.1, 0.15) is 0 Å². The van der Waals surface area contributed by atoms with E-state index < -0.39 is 0 Å². The van der Waals surface area contributed by atoms with Crippen molar-refractivity contribution in [2.75, 3.05) is 0 Å². The fraction of sp³-hybridized carbons (Fsp3) is 0.111. The smallest absolute Gasteiger partial charge is 0.261 e. The highest BCUT2D eigenvalue weighted by molar-refractivity contribution is 7.14. The molecule has 0 aliphatic carbocycles. The van der Waals surface area contributed by atoms with Crippen LogP contribution < -0.4 is 11.1 Å². The number of amides is 1. The first-order chi connectivity index (χ1) is 11.3. The Kier molecular flexibility index (Phi) is 4.80. The number of nitrogens with zero attached hydrogens (tertiary/aromatic N) is 1. The normalized spacial score (nSPS) is 10.5. The van der Waals surface area contributed by atoms with Crippen LogP contribution in [-0.2, 0) is 13.1 Å². The lowest BCUT2D eigenvalue weighted by molar-refractivity contribution is 0.0955. The van der Waals surface area contributed by atoms with E-state index in [1.807, 2.05) is 42.5 Å². The van der Waals surface area contributed by atoms with Crippen molar-refractivity contribution < 1.29 is 4.79 Å². The molecule has 0 spiro atoms. The molecule has 0 saturated heterocycles. The molecule has 1 aromatic carbocycles. The molecule has 0 saturated carbocycles. The van der Waals surface area contributed by atoms with Gasteiger partial charge in [0, 0.05) is 30.4 Å². The summed E-state index contributed by atoms with van der Waals surface area (Å²) in [7, 11) is 0. The molecule has 2 heterocycles. The van der Waals surface area contributed by atoms with Gasteiger partial charge in [-0.3, -0.25) is 9.78 Å². The molecule has 0 radical (unpaired) electrons. The highest BCUT2D eigenvalue weighted by Crippen LogP contribution is 2.20. The number of pyridine rings is 1. The van der Waals surface area contributed by atoms with Crippen LogP contribution in [0.1, 0.15) is 20.1 Å². The van der Waals surface area contributed by atoms with Crippen LogP contribution in [-0.4, -0.2) is 10.9 Å². The zero-order chi connectivity index (χ0) is 16.1. The van der Waals surface area contributed by atoms with Crippen molar-refractivity contribution in [2.45, 2.75) is 13.1 Å². The molecular weight excluding hydrogens is 306 g/mol. The number of carbonyl (C=O) groups excluding carboxylic acids is 1. The molecule has 23 heavy (non-hydrogen) atoms. The maximum absolute atomic E-state index is 12.2. The summed E-state index contributed by atoms with van der Waals surface area (Å²) in [6.45, 7) is 0.958. The van der Waals surface area contributed by atoms with E-state index in [-0.39, 0.29) is 5.91 Å². The van der Waals surface area contributed by atoms with Crippen LogP contribution >= 0.6 is 11.3 Å². The Balaban J connectivity index is 1.68. The lowest BCUT2D eigenvalue weighted by Gasteiger charge is -2.07. The summed E-state index contributed by atoms with van der Waals surface area (Å²) in [6, 6.07) is 15.8. The first-order valence-electron chi connectivity index (χ1n) is 7.32. The summed E-state index contributed by atoms with van der Waals surface area (Å²) in [5.74, 6) is -0.0657. The zero-order valence-electron chi connectivity index (χ0n) is 12.5. The van der Waals surface area contributed by atoms with Crippen molar-refractivity contribution in [2.24, 2.45) is 5.73 Å². The SMILES string of the molecule is NCc1ccc(C(=O)NCc2cccc(-c3ccncc3)c2)s1. The quantitative estimate of drug-likeness (QED) is 0.757. The first kappa shape index (κ1) is 15.4. The zero-order valence-corrected chi connectivity index (χ0v) is 13.3. The number of nitrogens with one attached hydrogen (secondary N) is 1. The summed E-state index contributed by atoms with van der Waals surface area (Å²) >= 11 is 1.43. The van der Waals surface area contributed by atoms with E-state index in [9.17, 15) is 4.79 Å². The number of nitrogens with two attached hydrogens (primary N) is 1. The number of thiophene rings is 1. The molecule has 3 N–H and O–H groups in total. The summed E-state index contributed by atoms with van der Waals surface area (Å²) in [5.41, 5.74) is 8.86. The fourth-order valence-electron chi connectivity index (χ4n) is 2.28. The van der Waals surface area contributed by atoms with Gasteiger partial charge in [-0.15, -0.1) is 11.3 Å². The third-order valence-corrected chi connectivity index (χ3v) is 4.59.